The lowest BCUT2D eigenvalue weighted by atomic mass is 10.1. The van der Waals surface area contributed by atoms with Gasteiger partial charge in [-0.1, -0.05) is 25.5 Å². The molecule has 5 nitrogen and oxygen atoms in total. The molecule has 3 N–H and O–H groups in total. The molecule has 0 atom stereocenters. The maximum Gasteiger partial charge on any atom is 0.319 e. The normalized spacial score (nSPS) is 10.5. The van der Waals surface area contributed by atoms with Crippen molar-refractivity contribution in [3.63, 3.8) is 0 Å². The van der Waals surface area contributed by atoms with Crippen molar-refractivity contribution in [3.05, 3.63) is 59.7 Å². The number of carbonyl (C=O) groups is 2. The van der Waals surface area contributed by atoms with Crippen LogP contribution in [0.2, 0.25) is 0 Å². The Balaban J connectivity index is 1.92. The molecule has 0 aromatic heterocycles. The van der Waals surface area contributed by atoms with Crippen molar-refractivity contribution < 1.29 is 9.59 Å². The molecular weight excluding hydrogens is 326 g/mol. The minimum Gasteiger partial charge on any atom is -0.336 e. The molecule has 0 saturated carbocycles. The molecule has 0 aliphatic heterocycles. The van der Waals surface area contributed by atoms with Gasteiger partial charge in [0.05, 0.1) is 0 Å². The first-order chi connectivity index (χ1) is 12.5. The van der Waals surface area contributed by atoms with Crippen molar-refractivity contribution in [2.24, 2.45) is 0 Å². The largest absolute Gasteiger partial charge is 0.336 e. The van der Waals surface area contributed by atoms with Crippen molar-refractivity contribution in [2.75, 3.05) is 10.6 Å². The molecule has 26 heavy (non-hydrogen) atoms. The average molecular weight is 353 g/mol. The summed E-state index contributed by atoms with van der Waals surface area (Å²) in [7, 11) is 0. The summed E-state index contributed by atoms with van der Waals surface area (Å²) in [5, 5.41) is 8.37. The van der Waals surface area contributed by atoms with Crippen molar-refractivity contribution in [2.45, 2.75) is 46.1 Å². The monoisotopic (exact) mass is 353 g/mol. The fourth-order valence-corrected chi connectivity index (χ4v) is 2.47. The van der Waals surface area contributed by atoms with E-state index in [0.29, 0.717) is 11.3 Å². The van der Waals surface area contributed by atoms with Crippen LogP contribution in [0.5, 0.6) is 0 Å². The maximum absolute atomic E-state index is 12.3. The second-order valence-electron chi connectivity index (χ2n) is 6.59. The number of unbranched alkanes of at least 4 members (excludes halogenated alkanes) is 1. The molecule has 3 amide bonds. The van der Waals surface area contributed by atoms with Gasteiger partial charge in [0.2, 0.25) is 0 Å². The van der Waals surface area contributed by atoms with E-state index < -0.39 is 0 Å². The SMILES string of the molecule is CCCCc1ccc(NC(=O)c2ccc(NC(=O)NC(C)C)cc2)cc1. The predicted octanol–water partition coefficient (Wildman–Crippen LogP) is 4.81. The van der Waals surface area contributed by atoms with Gasteiger partial charge in [-0.15, -0.1) is 0 Å². The molecular formula is C21H27N3O2. The molecule has 0 saturated heterocycles. The first kappa shape index (κ1) is 19.5. The minimum atomic E-state index is -0.264. The number of benzene rings is 2. The van der Waals surface area contributed by atoms with Gasteiger partial charge in [-0.05, 0) is 68.7 Å². The van der Waals surface area contributed by atoms with Crippen molar-refractivity contribution in [1.82, 2.24) is 5.32 Å². The number of carbonyl (C=O) groups excluding carboxylic acids is 2. The van der Waals surface area contributed by atoms with E-state index in [1.807, 2.05) is 38.1 Å². The van der Waals surface area contributed by atoms with Gasteiger partial charge in [0.1, 0.15) is 0 Å². The van der Waals surface area contributed by atoms with Gasteiger partial charge in [-0.2, -0.15) is 0 Å². The molecule has 5 heteroatoms. The standard InChI is InChI=1S/C21H27N3O2/c1-4-5-6-16-7-11-18(12-8-16)23-20(25)17-9-13-19(14-10-17)24-21(26)22-15(2)3/h7-15H,4-6H2,1-3H3,(H,23,25)(H2,22,24,26). The highest BCUT2D eigenvalue weighted by Gasteiger charge is 2.08. The predicted molar refractivity (Wildman–Crippen MR) is 107 cm³/mol. The van der Waals surface area contributed by atoms with E-state index in [1.165, 1.54) is 18.4 Å². The number of amides is 3. The smallest absolute Gasteiger partial charge is 0.319 e. The minimum absolute atomic E-state index is 0.0633. The van der Waals surface area contributed by atoms with Crippen LogP contribution >= 0.6 is 0 Å². The Morgan fingerprint density at radius 1 is 0.885 bits per heavy atom. The van der Waals surface area contributed by atoms with E-state index >= 15 is 0 Å². The lowest BCUT2D eigenvalue weighted by molar-refractivity contribution is 0.102. The fourth-order valence-electron chi connectivity index (χ4n) is 2.47. The summed E-state index contributed by atoms with van der Waals surface area (Å²) < 4.78 is 0. The Labute approximate surface area is 155 Å². The molecule has 2 aromatic rings. The maximum atomic E-state index is 12.3. The van der Waals surface area contributed by atoms with Gasteiger partial charge >= 0.3 is 6.03 Å². The lowest BCUT2D eigenvalue weighted by Crippen LogP contribution is -2.34. The Kier molecular flexibility index (Phi) is 7.21. The van der Waals surface area contributed by atoms with Gasteiger partial charge in [0.15, 0.2) is 0 Å². The third kappa shape index (κ3) is 6.24. The van der Waals surface area contributed by atoms with Crippen LogP contribution < -0.4 is 16.0 Å². The van der Waals surface area contributed by atoms with Crippen LogP contribution in [0.15, 0.2) is 48.5 Å². The van der Waals surface area contributed by atoms with Crippen LogP contribution in [0.1, 0.15) is 49.5 Å². The number of hydrogen-bond donors (Lipinski definition) is 3. The molecule has 0 aliphatic carbocycles. The highest BCUT2D eigenvalue weighted by Crippen LogP contribution is 2.15. The zero-order chi connectivity index (χ0) is 18.9. The molecule has 2 rings (SSSR count). The molecule has 0 aliphatic rings. The van der Waals surface area contributed by atoms with Gasteiger partial charge in [-0.3, -0.25) is 4.79 Å². The average Bonchev–Trinajstić information content (AvgIpc) is 2.61. The quantitative estimate of drug-likeness (QED) is 0.668. The molecule has 138 valence electrons. The van der Waals surface area contributed by atoms with Gasteiger partial charge < -0.3 is 16.0 Å². The lowest BCUT2D eigenvalue weighted by Gasteiger charge is -2.11. The number of anilines is 2. The van der Waals surface area contributed by atoms with Gasteiger partial charge in [0, 0.05) is 23.0 Å². The summed E-state index contributed by atoms with van der Waals surface area (Å²) in [6, 6.07) is 14.5. The summed E-state index contributed by atoms with van der Waals surface area (Å²) in [6.45, 7) is 5.96. The molecule has 0 fully saturated rings. The van der Waals surface area contributed by atoms with Crippen LogP contribution in [-0.2, 0) is 6.42 Å². The topological polar surface area (TPSA) is 70.2 Å². The van der Waals surface area contributed by atoms with E-state index in [9.17, 15) is 9.59 Å². The van der Waals surface area contributed by atoms with E-state index in [2.05, 4.69) is 22.9 Å². The number of hydrogen-bond acceptors (Lipinski definition) is 2. The number of rotatable bonds is 7. The first-order valence-electron chi connectivity index (χ1n) is 9.06. The third-order valence-electron chi connectivity index (χ3n) is 3.86. The molecule has 0 spiro atoms. The summed E-state index contributed by atoms with van der Waals surface area (Å²) in [5.41, 5.74) is 3.23. The van der Waals surface area contributed by atoms with Crippen LogP contribution in [0, 0.1) is 0 Å². The first-order valence-corrected chi connectivity index (χ1v) is 9.06. The fraction of sp³-hybridized carbons (Fsp3) is 0.333. The van der Waals surface area contributed by atoms with Gasteiger partial charge in [-0.25, -0.2) is 4.79 Å². The van der Waals surface area contributed by atoms with Crippen LogP contribution in [-0.4, -0.2) is 18.0 Å². The molecule has 0 heterocycles. The Hall–Kier alpha value is -2.82. The molecule has 0 radical (unpaired) electrons. The van der Waals surface area contributed by atoms with Crippen molar-refractivity contribution >= 4 is 23.3 Å². The van der Waals surface area contributed by atoms with E-state index in [0.717, 1.165) is 12.1 Å². The zero-order valence-corrected chi connectivity index (χ0v) is 15.6. The second-order valence-corrected chi connectivity index (χ2v) is 6.59. The van der Waals surface area contributed by atoms with E-state index in [-0.39, 0.29) is 18.0 Å². The number of nitrogens with one attached hydrogen (secondary N) is 3. The van der Waals surface area contributed by atoms with Crippen molar-refractivity contribution in [3.8, 4) is 0 Å². The summed E-state index contributed by atoms with van der Waals surface area (Å²) in [6.07, 6.45) is 3.40. The van der Waals surface area contributed by atoms with Crippen molar-refractivity contribution in [1.29, 1.82) is 0 Å². The highest BCUT2D eigenvalue weighted by atomic mass is 16.2. The third-order valence-corrected chi connectivity index (χ3v) is 3.86. The zero-order valence-electron chi connectivity index (χ0n) is 15.6. The summed E-state index contributed by atoms with van der Waals surface area (Å²) in [5.74, 6) is -0.176. The Bertz CT molecular complexity index is 722. The van der Waals surface area contributed by atoms with Crippen LogP contribution in [0.3, 0.4) is 0 Å². The number of urea groups is 1. The molecule has 0 unspecified atom stereocenters. The van der Waals surface area contributed by atoms with Gasteiger partial charge in [0.25, 0.3) is 5.91 Å². The molecule has 2 aromatic carbocycles. The number of aryl methyl sites for hydroxylation is 1. The van der Waals surface area contributed by atoms with Crippen LogP contribution in [0.4, 0.5) is 16.2 Å². The Morgan fingerprint density at radius 3 is 2.04 bits per heavy atom. The highest BCUT2D eigenvalue weighted by molar-refractivity contribution is 6.04. The summed E-state index contributed by atoms with van der Waals surface area (Å²) >= 11 is 0. The van der Waals surface area contributed by atoms with E-state index in [1.54, 1.807) is 24.3 Å². The van der Waals surface area contributed by atoms with E-state index in [4.69, 9.17) is 0 Å². The summed E-state index contributed by atoms with van der Waals surface area (Å²) in [4.78, 5) is 24.0. The molecule has 0 bridgehead atoms. The second kappa shape index (κ2) is 9.61. The Morgan fingerprint density at radius 2 is 1.46 bits per heavy atom. The van der Waals surface area contributed by atoms with Crippen LogP contribution in [0.25, 0.3) is 0 Å².